The Kier molecular flexibility index (Phi) is 5.24. The Bertz CT molecular complexity index is 881. The lowest BCUT2D eigenvalue weighted by Gasteiger charge is -2.21. The van der Waals surface area contributed by atoms with Gasteiger partial charge in [0.15, 0.2) is 0 Å². The van der Waals surface area contributed by atoms with E-state index in [-0.39, 0.29) is 0 Å². The Labute approximate surface area is 150 Å². The van der Waals surface area contributed by atoms with Gasteiger partial charge in [-0.1, -0.05) is 30.3 Å². The molecule has 3 rings (SSSR count). The molecule has 1 heterocycles. The monoisotopic (exact) mass is 347 g/mol. The summed E-state index contributed by atoms with van der Waals surface area (Å²) < 4.78 is 0. The fraction of sp³-hybridized carbons (Fsp3) is 0.0500. The minimum absolute atomic E-state index is 0.426. The summed E-state index contributed by atoms with van der Waals surface area (Å²) in [7, 11) is 0. The fourth-order valence-corrected chi connectivity index (χ4v) is 2.50. The summed E-state index contributed by atoms with van der Waals surface area (Å²) in [5.41, 5.74) is 3.12. The zero-order chi connectivity index (χ0) is 18.4. The summed E-state index contributed by atoms with van der Waals surface area (Å²) in [4.78, 5) is 28.8. The molecule has 0 radical (unpaired) electrons. The third-order valence-electron chi connectivity index (χ3n) is 3.76. The van der Waals surface area contributed by atoms with Crippen molar-refractivity contribution in [2.45, 2.75) is 0 Å². The highest BCUT2D eigenvalue weighted by atomic mass is 16.4. The van der Waals surface area contributed by atoms with Crippen molar-refractivity contribution in [2.24, 2.45) is 0 Å². The Morgan fingerprint density at radius 2 is 1.50 bits per heavy atom. The third kappa shape index (κ3) is 4.24. The van der Waals surface area contributed by atoms with E-state index in [1.807, 2.05) is 24.3 Å². The van der Waals surface area contributed by atoms with Gasteiger partial charge in [0, 0.05) is 23.8 Å². The molecule has 0 atom stereocenters. The molecule has 6 nitrogen and oxygen atoms in total. The Balaban J connectivity index is 1.76. The first-order valence-corrected chi connectivity index (χ1v) is 7.99. The van der Waals surface area contributed by atoms with Crippen LogP contribution in [0.15, 0.2) is 79.1 Å². The maximum atomic E-state index is 12.5. The van der Waals surface area contributed by atoms with Crippen LogP contribution in [-0.4, -0.2) is 28.6 Å². The molecule has 26 heavy (non-hydrogen) atoms. The van der Waals surface area contributed by atoms with E-state index in [2.05, 4.69) is 10.3 Å². The predicted molar refractivity (Wildman–Crippen MR) is 100 cm³/mol. The lowest BCUT2D eigenvalue weighted by molar-refractivity contribution is -0.135. The second-order valence-electron chi connectivity index (χ2n) is 5.56. The van der Waals surface area contributed by atoms with Crippen molar-refractivity contribution < 1.29 is 14.7 Å². The summed E-state index contributed by atoms with van der Waals surface area (Å²) in [6.07, 6.45) is 3.43. The number of carbonyl (C=O) groups is 2. The maximum Gasteiger partial charge on any atom is 0.326 e. The van der Waals surface area contributed by atoms with Gasteiger partial charge in [-0.25, -0.2) is 4.79 Å². The van der Waals surface area contributed by atoms with Gasteiger partial charge in [0.25, 0.3) is 0 Å². The minimum atomic E-state index is -1.09. The molecular formula is C20H17N3O3. The van der Waals surface area contributed by atoms with Gasteiger partial charge in [-0.2, -0.15) is 0 Å². The minimum Gasteiger partial charge on any atom is -0.480 e. The standard InChI is InChI=1S/C20H17N3O3/c24-19(25)14-23(18-4-2-1-3-5-18)20(26)22-17-8-6-15(7-9-17)16-10-12-21-13-11-16/h1-13H,14H2,(H,22,26)(H,24,25). The number of benzene rings is 2. The molecule has 0 saturated heterocycles. The van der Waals surface area contributed by atoms with Crippen LogP contribution in [0.5, 0.6) is 0 Å². The van der Waals surface area contributed by atoms with E-state index in [4.69, 9.17) is 5.11 Å². The predicted octanol–water partition coefficient (Wildman–Crippen LogP) is 3.87. The number of pyridine rings is 1. The lowest BCUT2D eigenvalue weighted by atomic mass is 10.1. The van der Waals surface area contributed by atoms with Crippen molar-refractivity contribution in [1.29, 1.82) is 0 Å². The smallest absolute Gasteiger partial charge is 0.326 e. The van der Waals surface area contributed by atoms with Crippen molar-refractivity contribution >= 4 is 23.4 Å². The summed E-state index contributed by atoms with van der Waals surface area (Å²) in [5, 5.41) is 11.8. The van der Waals surface area contributed by atoms with Gasteiger partial charge in [0.1, 0.15) is 6.54 Å². The first-order chi connectivity index (χ1) is 12.6. The molecule has 0 fully saturated rings. The summed E-state index contributed by atoms with van der Waals surface area (Å²) in [6.45, 7) is -0.426. The highest BCUT2D eigenvalue weighted by Crippen LogP contribution is 2.21. The van der Waals surface area contributed by atoms with Crippen molar-refractivity contribution in [3.05, 3.63) is 79.1 Å². The molecule has 130 valence electrons. The highest BCUT2D eigenvalue weighted by molar-refractivity contribution is 6.04. The maximum absolute atomic E-state index is 12.5. The molecule has 1 aromatic heterocycles. The van der Waals surface area contributed by atoms with Gasteiger partial charge in [-0.15, -0.1) is 0 Å². The number of carboxylic acid groups (broad SMARTS) is 1. The van der Waals surface area contributed by atoms with Gasteiger partial charge in [-0.05, 0) is 47.5 Å². The first-order valence-electron chi connectivity index (χ1n) is 7.99. The van der Waals surface area contributed by atoms with Gasteiger partial charge in [0.2, 0.25) is 0 Å². The number of hydrogen-bond donors (Lipinski definition) is 2. The number of aliphatic carboxylic acids is 1. The van der Waals surface area contributed by atoms with Gasteiger partial charge < -0.3 is 10.4 Å². The largest absolute Gasteiger partial charge is 0.480 e. The molecule has 2 N–H and O–H groups in total. The molecule has 0 saturated carbocycles. The van der Waals surface area contributed by atoms with Crippen LogP contribution < -0.4 is 10.2 Å². The number of rotatable bonds is 5. The van der Waals surface area contributed by atoms with E-state index < -0.39 is 18.5 Å². The van der Waals surface area contributed by atoms with E-state index in [9.17, 15) is 9.59 Å². The molecule has 0 unspecified atom stereocenters. The normalized spacial score (nSPS) is 10.2. The van der Waals surface area contributed by atoms with E-state index >= 15 is 0 Å². The molecule has 0 aliphatic rings. The van der Waals surface area contributed by atoms with Crippen LogP contribution in [0.25, 0.3) is 11.1 Å². The van der Waals surface area contributed by atoms with Gasteiger partial charge >= 0.3 is 12.0 Å². The number of urea groups is 1. The number of para-hydroxylation sites is 1. The topological polar surface area (TPSA) is 82.5 Å². The van der Waals surface area contributed by atoms with Crippen LogP contribution in [0.3, 0.4) is 0 Å². The number of hydrogen-bond acceptors (Lipinski definition) is 3. The molecule has 0 spiro atoms. The molecule has 2 aromatic carbocycles. The second kappa shape index (κ2) is 7.94. The van der Waals surface area contributed by atoms with Crippen molar-refractivity contribution in [3.63, 3.8) is 0 Å². The molecule has 3 aromatic rings. The molecule has 2 amide bonds. The number of nitrogens with one attached hydrogen (secondary N) is 1. The molecule has 0 aliphatic carbocycles. The number of anilines is 2. The Morgan fingerprint density at radius 3 is 2.12 bits per heavy atom. The van der Waals surface area contributed by atoms with Gasteiger partial charge in [-0.3, -0.25) is 14.7 Å². The van der Waals surface area contributed by atoms with Crippen LogP contribution in [0.4, 0.5) is 16.2 Å². The van der Waals surface area contributed by atoms with Crippen LogP contribution in [0.1, 0.15) is 0 Å². The summed E-state index contributed by atoms with van der Waals surface area (Å²) in [5.74, 6) is -1.09. The summed E-state index contributed by atoms with van der Waals surface area (Å²) in [6, 6.07) is 19.3. The lowest BCUT2D eigenvalue weighted by Crippen LogP contribution is -2.38. The van der Waals surface area contributed by atoms with Crippen LogP contribution in [-0.2, 0) is 4.79 Å². The molecule has 0 aliphatic heterocycles. The second-order valence-corrected chi connectivity index (χ2v) is 5.56. The first kappa shape index (κ1) is 17.2. The molecule has 0 bridgehead atoms. The zero-order valence-electron chi connectivity index (χ0n) is 13.9. The van der Waals surface area contributed by atoms with E-state index in [1.54, 1.807) is 54.9 Å². The van der Waals surface area contributed by atoms with E-state index in [0.29, 0.717) is 11.4 Å². The van der Waals surface area contributed by atoms with E-state index in [0.717, 1.165) is 11.1 Å². The van der Waals surface area contributed by atoms with E-state index in [1.165, 1.54) is 4.90 Å². The highest BCUT2D eigenvalue weighted by Gasteiger charge is 2.18. The van der Waals surface area contributed by atoms with Gasteiger partial charge in [0.05, 0.1) is 0 Å². The average molecular weight is 347 g/mol. The Morgan fingerprint density at radius 1 is 0.885 bits per heavy atom. The number of nitrogens with zero attached hydrogens (tertiary/aromatic N) is 2. The van der Waals surface area contributed by atoms with Crippen LogP contribution >= 0.6 is 0 Å². The molecule has 6 heteroatoms. The number of carboxylic acids is 1. The zero-order valence-corrected chi connectivity index (χ0v) is 13.9. The SMILES string of the molecule is O=C(O)CN(C(=O)Nc1ccc(-c2ccncc2)cc1)c1ccccc1. The fourth-order valence-electron chi connectivity index (χ4n) is 2.50. The number of amides is 2. The number of carbonyl (C=O) groups excluding carboxylic acids is 1. The van der Waals surface area contributed by atoms with Crippen molar-refractivity contribution in [1.82, 2.24) is 4.98 Å². The van der Waals surface area contributed by atoms with Crippen LogP contribution in [0, 0.1) is 0 Å². The molecular weight excluding hydrogens is 330 g/mol. The quantitative estimate of drug-likeness (QED) is 0.734. The van der Waals surface area contributed by atoms with Crippen LogP contribution in [0.2, 0.25) is 0 Å². The third-order valence-corrected chi connectivity index (χ3v) is 3.76. The van der Waals surface area contributed by atoms with Crippen molar-refractivity contribution in [3.8, 4) is 11.1 Å². The Hall–Kier alpha value is -3.67. The average Bonchev–Trinajstić information content (AvgIpc) is 2.68. The number of aromatic nitrogens is 1. The summed E-state index contributed by atoms with van der Waals surface area (Å²) >= 11 is 0. The van der Waals surface area contributed by atoms with Crippen molar-refractivity contribution in [2.75, 3.05) is 16.8 Å².